The van der Waals surface area contributed by atoms with Crippen LogP contribution in [0.4, 0.5) is 5.69 Å². The number of nitrogens with zero attached hydrogens (tertiary/aromatic N) is 1. The van der Waals surface area contributed by atoms with Crippen molar-refractivity contribution in [1.29, 1.82) is 0 Å². The third-order valence-corrected chi connectivity index (χ3v) is 3.42. The number of carbonyl (C=O) groups excluding carboxylic acids is 1. The molecule has 0 bridgehead atoms. The van der Waals surface area contributed by atoms with E-state index in [1.54, 1.807) is 31.5 Å². The molecular formula is C18H29N3O4. The number of rotatable bonds is 4. The Morgan fingerprint density at radius 1 is 1.40 bits per heavy atom. The van der Waals surface area contributed by atoms with Gasteiger partial charge in [-0.25, -0.2) is 0 Å². The molecule has 2 atom stereocenters. The molecule has 1 saturated heterocycles. The Morgan fingerprint density at radius 3 is 2.60 bits per heavy atom. The number of hydrogen-bond donors (Lipinski definition) is 3. The van der Waals surface area contributed by atoms with Crippen LogP contribution in [0.2, 0.25) is 0 Å². The lowest BCUT2D eigenvalue weighted by Crippen LogP contribution is -2.43. The van der Waals surface area contributed by atoms with Gasteiger partial charge < -0.3 is 20.5 Å². The molecular weight excluding hydrogens is 322 g/mol. The van der Waals surface area contributed by atoms with Gasteiger partial charge in [-0.2, -0.15) is 0 Å². The molecule has 0 radical (unpaired) electrons. The number of aromatic nitrogens is 1. The number of pyridine rings is 1. The van der Waals surface area contributed by atoms with E-state index in [9.17, 15) is 9.59 Å². The molecule has 3 N–H and O–H groups in total. The molecule has 0 spiro atoms. The SMILES string of the molecule is CC(C)(C)OC(=O)[C@H]1CCCCN1.C[C@H](Nc1cccnc1)C(=O)O. The molecule has 1 aliphatic rings. The first-order valence-electron chi connectivity index (χ1n) is 8.54. The van der Waals surface area contributed by atoms with Gasteiger partial charge in [0, 0.05) is 12.4 Å². The molecule has 1 aromatic heterocycles. The smallest absolute Gasteiger partial charge is 0.325 e. The van der Waals surface area contributed by atoms with Gasteiger partial charge in [0.25, 0.3) is 0 Å². The number of carbonyl (C=O) groups is 2. The van der Waals surface area contributed by atoms with E-state index >= 15 is 0 Å². The third kappa shape index (κ3) is 9.05. The van der Waals surface area contributed by atoms with E-state index in [4.69, 9.17) is 9.84 Å². The van der Waals surface area contributed by atoms with Crippen LogP contribution >= 0.6 is 0 Å². The number of carboxylic acid groups (broad SMARTS) is 1. The zero-order chi connectivity index (χ0) is 18.9. The molecule has 1 aromatic rings. The van der Waals surface area contributed by atoms with Crippen molar-refractivity contribution in [1.82, 2.24) is 10.3 Å². The Kier molecular flexibility index (Phi) is 8.34. The van der Waals surface area contributed by atoms with Crippen LogP contribution in [0.5, 0.6) is 0 Å². The fraction of sp³-hybridized carbons (Fsp3) is 0.611. The zero-order valence-corrected chi connectivity index (χ0v) is 15.4. The lowest BCUT2D eigenvalue weighted by molar-refractivity contribution is -0.158. The Morgan fingerprint density at radius 2 is 2.12 bits per heavy atom. The molecule has 25 heavy (non-hydrogen) atoms. The molecule has 2 heterocycles. The van der Waals surface area contributed by atoms with E-state index in [-0.39, 0.29) is 17.6 Å². The largest absolute Gasteiger partial charge is 0.480 e. The molecule has 0 unspecified atom stereocenters. The molecule has 1 aliphatic heterocycles. The summed E-state index contributed by atoms with van der Waals surface area (Å²) in [6.45, 7) is 8.20. The highest BCUT2D eigenvalue weighted by Crippen LogP contribution is 2.13. The van der Waals surface area contributed by atoms with Gasteiger partial charge in [0.1, 0.15) is 17.7 Å². The minimum atomic E-state index is -0.876. The van der Waals surface area contributed by atoms with Crippen LogP contribution < -0.4 is 10.6 Å². The minimum absolute atomic E-state index is 0.0759. The van der Waals surface area contributed by atoms with Crippen LogP contribution in [0.3, 0.4) is 0 Å². The van der Waals surface area contributed by atoms with Crippen molar-refractivity contribution in [2.75, 3.05) is 11.9 Å². The number of piperidine rings is 1. The highest BCUT2D eigenvalue weighted by atomic mass is 16.6. The van der Waals surface area contributed by atoms with Crippen molar-refractivity contribution >= 4 is 17.6 Å². The number of hydrogen-bond acceptors (Lipinski definition) is 6. The maximum Gasteiger partial charge on any atom is 0.325 e. The molecule has 2 rings (SSSR count). The number of carboxylic acids is 1. The van der Waals surface area contributed by atoms with Gasteiger partial charge >= 0.3 is 11.9 Å². The third-order valence-electron chi connectivity index (χ3n) is 3.42. The van der Waals surface area contributed by atoms with Crippen molar-refractivity contribution in [3.05, 3.63) is 24.5 Å². The summed E-state index contributed by atoms with van der Waals surface area (Å²) in [5.74, 6) is -0.981. The predicted octanol–water partition coefficient (Wildman–Crippen LogP) is 2.44. The highest BCUT2D eigenvalue weighted by molar-refractivity contribution is 5.76. The Hall–Kier alpha value is -2.15. The fourth-order valence-corrected chi connectivity index (χ4v) is 2.19. The molecule has 1 fully saturated rings. The quantitative estimate of drug-likeness (QED) is 0.716. The van der Waals surface area contributed by atoms with E-state index < -0.39 is 12.0 Å². The first kappa shape index (κ1) is 20.9. The standard InChI is InChI=1S/C10H19NO2.C8H10N2O2/c1-10(2,3)13-9(12)8-6-4-5-7-11-8;1-6(8(11)12)10-7-3-2-4-9-5-7/h8,11H,4-7H2,1-3H3;2-6,10H,1H3,(H,11,12)/t8-;6-/m10/s1. The minimum Gasteiger partial charge on any atom is -0.480 e. The normalized spacial score (nSPS) is 18.3. The van der Waals surface area contributed by atoms with Crippen LogP contribution in [0.1, 0.15) is 47.0 Å². The summed E-state index contributed by atoms with van der Waals surface area (Å²) >= 11 is 0. The first-order chi connectivity index (χ1) is 11.7. The number of esters is 1. The number of aliphatic carboxylic acids is 1. The van der Waals surface area contributed by atoms with E-state index in [1.807, 2.05) is 20.8 Å². The summed E-state index contributed by atoms with van der Waals surface area (Å²) in [4.78, 5) is 25.8. The molecule has 7 nitrogen and oxygen atoms in total. The monoisotopic (exact) mass is 351 g/mol. The molecule has 140 valence electrons. The average molecular weight is 351 g/mol. The number of anilines is 1. The van der Waals surface area contributed by atoms with Crippen LogP contribution in [0.25, 0.3) is 0 Å². The number of nitrogens with one attached hydrogen (secondary N) is 2. The number of ether oxygens (including phenoxy) is 1. The van der Waals surface area contributed by atoms with Crippen LogP contribution in [0, 0.1) is 0 Å². The maximum atomic E-state index is 11.5. The van der Waals surface area contributed by atoms with E-state index in [0.717, 1.165) is 19.4 Å². The van der Waals surface area contributed by atoms with Crippen molar-refractivity contribution in [2.24, 2.45) is 0 Å². The van der Waals surface area contributed by atoms with Crippen molar-refractivity contribution in [3.8, 4) is 0 Å². The second-order valence-electron chi connectivity index (χ2n) is 6.98. The van der Waals surface area contributed by atoms with Gasteiger partial charge in [0.15, 0.2) is 0 Å². The second kappa shape index (κ2) is 9.98. The van der Waals surface area contributed by atoms with Gasteiger partial charge in [0.05, 0.1) is 5.69 Å². The highest BCUT2D eigenvalue weighted by Gasteiger charge is 2.25. The molecule has 0 amide bonds. The molecule has 0 saturated carbocycles. The fourth-order valence-electron chi connectivity index (χ4n) is 2.19. The van der Waals surface area contributed by atoms with Crippen LogP contribution in [0.15, 0.2) is 24.5 Å². The topological polar surface area (TPSA) is 101 Å². The maximum absolute atomic E-state index is 11.5. The van der Waals surface area contributed by atoms with Crippen LogP contribution in [-0.4, -0.2) is 46.3 Å². The summed E-state index contributed by atoms with van der Waals surface area (Å²) in [7, 11) is 0. The Bertz CT molecular complexity index is 537. The van der Waals surface area contributed by atoms with E-state index in [0.29, 0.717) is 5.69 Å². The average Bonchev–Trinajstić information content (AvgIpc) is 2.55. The van der Waals surface area contributed by atoms with E-state index in [1.165, 1.54) is 6.42 Å². The summed E-state index contributed by atoms with van der Waals surface area (Å²) in [6.07, 6.45) is 6.42. The first-order valence-corrected chi connectivity index (χ1v) is 8.54. The van der Waals surface area contributed by atoms with Crippen molar-refractivity contribution in [3.63, 3.8) is 0 Å². The van der Waals surface area contributed by atoms with Crippen molar-refractivity contribution in [2.45, 2.75) is 64.6 Å². The van der Waals surface area contributed by atoms with Crippen LogP contribution in [-0.2, 0) is 14.3 Å². The van der Waals surface area contributed by atoms with Crippen molar-refractivity contribution < 1.29 is 19.4 Å². The molecule has 7 heteroatoms. The van der Waals surface area contributed by atoms with Gasteiger partial charge in [0.2, 0.25) is 0 Å². The lowest BCUT2D eigenvalue weighted by atomic mass is 10.0. The predicted molar refractivity (Wildman–Crippen MR) is 96.4 cm³/mol. The summed E-state index contributed by atoms with van der Waals surface area (Å²) in [5, 5.41) is 14.5. The van der Waals surface area contributed by atoms with Gasteiger partial charge in [-0.1, -0.05) is 6.42 Å². The van der Waals surface area contributed by atoms with Gasteiger partial charge in [-0.05, 0) is 59.2 Å². The summed E-state index contributed by atoms with van der Waals surface area (Å²) < 4.78 is 5.28. The molecule has 0 aliphatic carbocycles. The van der Waals surface area contributed by atoms with Gasteiger partial charge in [-0.3, -0.25) is 14.6 Å². The Balaban J connectivity index is 0.000000251. The summed E-state index contributed by atoms with van der Waals surface area (Å²) in [5.41, 5.74) is 0.350. The zero-order valence-electron chi connectivity index (χ0n) is 15.4. The molecule has 0 aromatic carbocycles. The lowest BCUT2D eigenvalue weighted by Gasteiger charge is -2.26. The second-order valence-corrected chi connectivity index (χ2v) is 6.98. The Labute approximate surface area is 149 Å². The van der Waals surface area contributed by atoms with E-state index in [2.05, 4.69) is 15.6 Å². The van der Waals surface area contributed by atoms with Gasteiger partial charge in [-0.15, -0.1) is 0 Å². The summed E-state index contributed by atoms with van der Waals surface area (Å²) in [6, 6.07) is 2.85.